The van der Waals surface area contributed by atoms with E-state index in [1.807, 2.05) is 13.0 Å². The number of benzene rings is 2. The number of carbonyl (C=O) groups is 2. The molecule has 0 spiro atoms. The first-order valence-corrected chi connectivity index (χ1v) is 7.86. The Labute approximate surface area is 141 Å². The van der Waals surface area contributed by atoms with Crippen LogP contribution in [0.2, 0.25) is 0 Å². The van der Waals surface area contributed by atoms with Crippen molar-refractivity contribution in [1.82, 2.24) is 0 Å². The fourth-order valence-corrected chi connectivity index (χ4v) is 2.58. The van der Waals surface area contributed by atoms with Crippen LogP contribution in [0.3, 0.4) is 0 Å². The molecule has 0 heterocycles. The number of aromatic hydroxyl groups is 1. The Morgan fingerprint density at radius 2 is 1.75 bits per heavy atom. The van der Waals surface area contributed by atoms with Crippen molar-refractivity contribution in [2.24, 2.45) is 0 Å². The summed E-state index contributed by atoms with van der Waals surface area (Å²) >= 11 is 0. The van der Waals surface area contributed by atoms with Gasteiger partial charge in [-0.3, -0.25) is 4.79 Å². The minimum atomic E-state index is -0.962. The van der Waals surface area contributed by atoms with Crippen molar-refractivity contribution >= 4 is 17.4 Å². The van der Waals surface area contributed by atoms with Crippen LogP contribution in [-0.2, 0) is 13.0 Å². The maximum absolute atomic E-state index is 11.6. The number of ketones is 1. The molecule has 2 aromatic carbocycles. The van der Waals surface area contributed by atoms with Crippen LogP contribution in [0.4, 0.5) is 5.69 Å². The third-order valence-corrected chi connectivity index (χ3v) is 3.87. The summed E-state index contributed by atoms with van der Waals surface area (Å²) in [6, 6.07) is 9.96. The molecule has 0 fully saturated rings. The number of hydrogen-bond acceptors (Lipinski definition) is 4. The minimum absolute atomic E-state index is 0.0601. The fraction of sp³-hybridized carbons (Fsp3) is 0.263. The summed E-state index contributed by atoms with van der Waals surface area (Å²) in [6.45, 7) is 3.93. The number of aromatic carboxylic acids is 1. The van der Waals surface area contributed by atoms with E-state index in [0.717, 1.165) is 23.2 Å². The van der Waals surface area contributed by atoms with E-state index >= 15 is 0 Å². The first kappa shape index (κ1) is 17.5. The predicted molar refractivity (Wildman–Crippen MR) is 92.8 cm³/mol. The third kappa shape index (κ3) is 3.93. The van der Waals surface area contributed by atoms with Crippen molar-refractivity contribution in [3.8, 4) is 5.75 Å². The SMILES string of the molecule is CCCc1c(CNc2ccc(C(=O)O)cc2)ccc(C(C)=O)c1O. The summed E-state index contributed by atoms with van der Waals surface area (Å²) in [5, 5.41) is 22.5. The van der Waals surface area contributed by atoms with Crippen molar-refractivity contribution in [2.75, 3.05) is 5.32 Å². The lowest BCUT2D eigenvalue weighted by molar-refractivity contribution is 0.0696. The van der Waals surface area contributed by atoms with Gasteiger partial charge in [-0.05, 0) is 54.8 Å². The van der Waals surface area contributed by atoms with Crippen LogP contribution in [0.15, 0.2) is 36.4 Å². The van der Waals surface area contributed by atoms with Gasteiger partial charge in [-0.1, -0.05) is 19.4 Å². The van der Waals surface area contributed by atoms with Gasteiger partial charge in [0.05, 0.1) is 11.1 Å². The van der Waals surface area contributed by atoms with Crippen molar-refractivity contribution in [2.45, 2.75) is 33.2 Å². The lowest BCUT2D eigenvalue weighted by Crippen LogP contribution is -2.06. The molecule has 0 atom stereocenters. The zero-order valence-corrected chi connectivity index (χ0v) is 13.8. The van der Waals surface area contributed by atoms with E-state index in [2.05, 4.69) is 5.32 Å². The Bertz CT molecular complexity index is 751. The highest BCUT2D eigenvalue weighted by Crippen LogP contribution is 2.28. The second-order valence-electron chi connectivity index (χ2n) is 5.64. The van der Waals surface area contributed by atoms with Gasteiger partial charge in [0.2, 0.25) is 0 Å². The average Bonchev–Trinajstić information content (AvgIpc) is 2.55. The van der Waals surface area contributed by atoms with Crippen LogP contribution in [0, 0.1) is 0 Å². The predicted octanol–water partition coefficient (Wildman–Crippen LogP) is 3.86. The van der Waals surface area contributed by atoms with E-state index in [-0.39, 0.29) is 17.1 Å². The second kappa shape index (κ2) is 7.64. The molecule has 5 nitrogen and oxygen atoms in total. The quantitative estimate of drug-likeness (QED) is 0.672. The zero-order chi connectivity index (χ0) is 17.7. The molecule has 0 saturated carbocycles. The number of nitrogens with one attached hydrogen (secondary N) is 1. The smallest absolute Gasteiger partial charge is 0.335 e. The van der Waals surface area contributed by atoms with E-state index in [1.165, 1.54) is 19.1 Å². The number of phenols is 1. The lowest BCUT2D eigenvalue weighted by Gasteiger charge is -2.15. The summed E-state index contributed by atoms with van der Waals surface area (Å²) in [4.78, 5) is 22.4. The van der Waals surface area contributed by atoms with Crippen LogP contribution in [0.5, 0.6) is 5.75 Å². The van der Waals surface area contributed by atoms with Gasteiger partial charge in [0.25, 0.3) is 0 Å². The molecule has 5 heteroatoms. The highest BCUT2D eigenvalue weighted by Gasteiger charge is 2.14. The standard InChI is InChI=1S/C19H21NO4/c1-3-4-17-14(7-10-16(12(2)21)18(17)22)11-20-15-8-5-13(6-9-15)19(23)24/h5-10,20,22H,3-4,11H2,1-2H3,(H,23,24). The Balaban J connectivity index is 2.21. The van der Waals surface area contributed by atoms with Gasteiger partial charge in [-0.25, -0.2) is 4.79 Å². The van der Waals surface area contributed by atoms with Gasteiger partial charge in [0.1, 0.15) is 5.75 Å². The van der Waals surface area contributed by atoms with Crippen molar-refractivity contribution in [3.63, 3.8) is 0 Å². The molecule has 2 rings (SSSR count). The maximum atomic E-state index is 11.6. The van der Waals surface area contributed by atoms with Gasteiger partial charge in [0.15, 0.2) is 5.78 Å². The highest BCUT2D eigenvalue weighted by atomic mass is 16.4. The molecule has 0 aliphatic carbocycles. The van der Waals surface area contributed by atoms with Crippen LogP contribution >= 0.6 is 0 Å². The molecule has 0 aromatic heterocycles. The Morgan fingerprint density at radius 1 is 1.08 bits per heavy atom. The molecule has 0 unspecified atom stereocenters. The van der Waals surface area contributed by atoms with Crippen molar-refractivity contribution in [1.29, 1.82) is 0 Å². The molecule has 2 aromatic rings. The summed E-state index contributed by atoms with van der Waals surface area (Å²) in [6.07, 6.45) is 1.54. The number of rotatable bonds is 7. The molecule has 0 radical (unpaired) electrons. The van der Waals surface area contributed by atoms with Gasteiger partial charge >= 0.3 is 5.97 Å². The summed E-state index contributed by atoms with van der Waals surface area (Å²) in [5.74, 6) is -1.06. The molecular formula is C19H21NO4. The van der Waals surface area contributed by atoms with E-state index in [1.54, 1.807) is 18.2 Å². The fourth-order valence-electron chi connectivity index (χ4n) is 2.58. The summed E-state index contributed by atoms with van der Waals surface area (Å²) < 4.78 is 0. The van der Waals surface area contributed by atoms with E-state index < -0.39 is 5.97 Å². The first-order chi connectivity index (χ1) is 11.4. The Morgan fingerprint density at radius 3 is 2.29 bits per heavy atom. The number of carboxylic acids is 1. The van der Waals surface area contributed by atoms with Crippen LogP contribution in [0.25, 0.3) is 0 Å². The largest absolute Gasteiger partial charge is 0.507 e. The second-order valence-corrected chi connectivity index (χ2v) is 5.64. The molecule has 0 bridgehead atoms. The van der Waals surface area contributed by atoms with Crippen molar-refractivity contribution < 1.29 is 19.8 Å². The average molecular weight is 327 g/mol. The Hall–Kier alpha value is -2.82. The molecule has 0 saturated heterocycles. The van der Waals surface area contributed by atoms with Crippen LogP contribution in [0.1, 0.15) is 52.1 Å². The van der Waals surface area contributed by atoms with E-state index in [9.17, 15) is 14.7 Å². The van der Waals surface area contributed by atoms with Gasteiger partial charge in [-0.15, -0.1) is 0 Å². The number of hydrogen-bond donors (Lipinski definition) is 3. The summed E-state index contributed by atoms with van der Waals surface area (Å²) in [5.41, 5.74) is 3.06. The number of carboxylic acid groups (broad SMARTS) is 1. The number of carbonyl (C=O) groups excluding carboxylic acids is 1. The molecular weight excluding hydrogens is 306 g/mol. The minimum Gasteiger partial charge on any atom is -0.507 e. The van der Waals surface area contributed by atoms with E-state index in [0.29, 0.717) is 18.5 Å². The van der Waals surface area contributed by atoms with Gasteiger partial charge in [-0.2, -0.15) is 0 Å². The van der Waals surface area contributed by atoms with Crippen LogP contribution < -0.4 is 5.32 Å². The molecule has 0 aliphatic rings. The van der Waals surface area contributed by atoms with Gasteiger partial charge < -0.3 is 15.5 Å². The van der Waals surface area contributed by atoms with E-state index in [4.69, 9.17) is 5.11 Å². The molecule has 3 N–H and O–H groups in total. The van der Waals surface area contributed by atoms with Gasteiger partial charge in [0, 0.05) is 12.2 Å². The number of phenolic OH excluding ortho intramolecular Hbond substituents is 1. The monoisotopic (exact) mass is 327 g/mol. The Kier molecular flexibility index (Phi) is 5.58. The number of Topliss-reactive ketones (excluding diaryl/α,β-unsaturated/α-hetero) is 1. The van der Waals surface area contributed by atoms with Crippen molar-refractivity contribution in [3.05, 3.63) is 58.7 Å². The lowest BCUT2D eigenvalue weighted by atomic mass is 9.97. The topological polar surface area (TPSA) is 86.6 Å². The molecule has 126 valence electrons. The number of anilines is 1. The van der Waals surface area contributed by atoms with Crippen LogP contribution in [-0.4, -0.2) is 22.0 Å². The maximum Gasteiger partial charge on any atom is 0.335 e. The molecule has 0 amide bonds. The molecule has 24 heavy (non-hydrogen) atoms. The highest BCUT2D eigenvalue weighted by molar-refractivity contribution is 5.97. The summed E-state index contributed by atoms with van der Waals surface area (Å²) in [7, 11) is 0. The normalized spacial score (nSPS) is 10.4. The molecule has 0 aliphatic heterocycles. The zero-order valence-electron chi connectivity index (χ0n) is 13.8. The first-order valence-electron chi connectivity index (χ1n) is 7.86. The third-order valence-electron chi connectivity index (χ3n) is 3.87.